The molecule has 18 heavy (non-hydrogen) atoms. The van der Waals surface area contributed by atoms with Crippen LogP contribution in [0.1, 0.15) is 17.4 Å². The van der Waals surface area contributed by atoms with Gasteiger partial charge in [-0.25, -0.2) is 0 Å². The number of hydrogen-bond acceptors (Lipinski definition) is 2. The summed E-state index contributed by atoms with van der Waals surface area (Å²) in [6.07, 6.45) is 0. The van der Waals surface area contributed by atoms with Crippen LogP contribution in [0.2, 0.25) is 0 Å². The number of piperazine rings is 1. The Morgan fingerprint density at radius 2 is 2.22 bits per heavy atom. The molecule has 1 aliphatic rings. The Kier molecular flexibility index (Phi) is 2.80. The van der Waals surface area contributed by atoms with Gasteiger partial charge in [-0.2, -0.15) is 0 Å². The van der Waals surface area contributed by atoms with Crippen LogP contribution in [0.3, 0.4) is 0 Å². The third-order valence-corrected chi connectivity index (χ3v) is 3.52. The molecule has 1 fully saturated rings. The summed E-state index contributed by atoms with van der Waals surface area (Å²) in [6.45, 7) is 4.59. The Balaban J connectivity index is 1.91. The Bertz CT molecular complexity index is 542. The maximum Gasteiger partial charge on any atom is 0.270 e. The molecule has 2 heterocycles. The third-order valence-electron chi connectivity index (χ3n) is 3.52. The number of carbonyl (C=O) groups is 1. The molecule has 4 nitrogen and oxygen atoms in total. The van der Waals surface area contributed by atoms with Gasteiger partial charge in [0.1, 0.15) is 5.69 Å². The van der Waals surface area contributed by atoms with Crippen LogP contribution in [0.5, 0.6) is 0 Å². The third kappa shape index (κ3) is 1.88. The van der Waals surface area contributed by atoms with Crippen LogP contribution in [0.15, 0.2) is 30.3 Å². The second-order valence-corrected chi connectivity index (χ2v) is 4.82. The Morgan fingerprint density at radius 3 is 3.00 bits per heavy atom. The summed E-state index contributed by atoms with van der Waals surface area (Å²) in [5.74, 6) is 0.0974. The first kappa shape index (κ1) is 11.3. The predicted octanol–water partition coefficient (Wildman–Crippen LogP) is 1.60. The molecular weight excluding hydrogens is 226 g/mol. The number of hydrogen-bond donors (Lipinski definition) is 2. The molecule has 1 aromatic carbocycles. The van der Waals surface area contributed by atoms with Crippen molar-refractivity contribution in [2.24, 2.45) is 0 Å². The van der Waals surface area contributed by atoms with Gasteiger partial charge in [-0.05, 0) is 19.1 Å². The zero-order valence-corrected chi connectivity index (χ0v) is 10.4. The summed E-state index contributed by atoms with van der Waals surface area (Å²) in [5, 5.41) is 4.38. The van der Waals surface area contributed by atoms with E-state index in [0.717, 1.165) is 30.5 Å². The Hall–Kier alpha value is -1.81. The number of benzene rings is 1. The lowest BCUT2D eigenvalue weighted by Gasteiger charge is -2.33. The van der Waals surface area contributed by atoms with Gasteiger partial charge in [0.15, 0.2) is 0 Å². The predicted molar refractivity (Wildman–Crippen MR) is 71.7 cm³/mol. The summed E-state index contributed by atoms with van der Waals surface area (Å²) in [6, 6.07) is 10.2. The van der Waals surface area contributed by atoms with Gasteiger partial charge in [0.2, 0.25) is 0 Å². The van der Waals surface area contributed by atoms with E-state index in [1.807, 2.05) is 35.2 Å². The molecule has 1 atom stereocenters. The molecule has 1 saturated heterocycles. The minimum Gasteiger partial charge on any atom is -0.351 e. The van der Waals surface area contributed by atoms with Crippen LogP contribution in [0.25, 0.3) is 10.9 Å². The fourth-order valence-corrected chi connectivity index (χ4v) is 2.49. The van der Waals surface area contributed by atoms with Crippen molar-refractivity contribution in [2.75, 3.05) is 19.6 Å². The largest absolute Gasteiger partial charge is 0.351 e. The second kappa shape index (κ2) is 4.46. The molecule has 1 aromatic heterocycles. The van der Waals surface area contributed by atoms with E-state index in [-0.39, 0.29) is 11.9 Å². The van der Waals surface area contributed by atoms with Crippen LogP contribution in [0, 0.1) is 0 Å². The van der Waals surface area contributed by atoms with Gasteiger partial charge < -0.3 is 15.2 Å². The molecule has 2 aromatic rings. The summed E-state index contributed by atoms with van der Waals surface area (Å²) >= 11 is 0. The topological polar surface area (TPSA) is 48.1 Å². The van der Waals surface area contributed by atoms with Gasteiger partial charge in [0.05, 0.1) is 0 Å². The number of H-pyrrole nitrogens is 1. The van der Waals surface area contributed by atoms with Crippen LogP contribution < -0.4 is 5.32 Å². The van der Waals surface area contributed by atoms with E-state index < -0.39 is 0 Å². The lowest BCUT2D eigenvalue weighted by atomic mass is 10.2. The maximum absolute atomic E-state index is 12.4. The number of fused-ring (bicyclic) bond motifs is 1. The van der Waals surface area contributed by atoms with Crippen LogP contribution >= 0.6 is 0 Å². The number of aromatic nitrogens is 1. The zero-order valence-electron chi connectivity index (χ0n) is 10.4. The van der Waals surface area contributed by atoms with Gasteiger partial charge in [0, 0.05) is 36.6 Å². The average Bonchev–Trinajstić information content (AvgIpc) is 2.82. The molecule has 0 radical (unpaired) electrons. The van der Waals surface area contributed by atoms with E-state index in [0.29, 0.717) is 5.69 Å². The SMILES string of the molecule is C[C@@H]1CNCCN1C(=O)c1cc2ccccc2[nH]1. The number of carbonyl (C=O) groups excluding carboxylic acids is 1. The van der Waals surface area contributed by atoms with Gasteiger partial charge in [-0.3, -0.25) is 4.79 Å². The monoisotopic (exact) mass is 243 g/mol. The smallest absolute Gasteiger partial charge is 0.270 e. The molecule has 0 aliphatic carbocycles. The number of rotatable bonds is 1. The highest BCUT2D eigenvalue weighted by molar-refractivity contribution is 5.98. The standard InChI is InChI=1S/C14H17N3O/c1-10-9-15-6-7-17(10)14(18)13-8-11-4-2-3-5-12(11)16-13/h2-5,8,10,15-16H,6-7,9H2,1H3/t10-/m1/s1. The number of nitrogens with one attached hydrogen (secondary N) is 2. The molecule has 94 valence electrons. The first-order chi connectivity index (χ1) is 8.75. The lowest BCUT2D eigenvalue weighted by molar-refractivity contribution is 0.0650. The van der Waals surface area contributed by atoms with Gasteiger partial charge in [-0.1, -0.05) is 18.2 Å². The van der Waals surface area contributed by atoms with Crippen molar-refractivity contribution in [1.29, 1.82) is 0 Å². The van der Waals surface area contributed by atoms with E-state index in [4.69, 9.17) is 0 Å². The normalized spacial score (nSPS) is 20.3. The Labute approximate surface area is 106 Å². The summed E-state index contributed by atoms with van der Waals surface area (Å²) in [4.78, 5) is 17.6. The van der Waals surface area contributed by atoms with Crippen molar-refractivity contribution in [3.8, 4) is 0 Å². The van der Waals surface area contributed by atoms with E-state index in [1.54, 1.807) is 0 Å². The number of amides is 1. The van der Waals surface area contributed by atoms with Crippen molar-refractivity contribution in [3.63, 3.8) is 0 Å². The minimum absolute atomic E-state index is 0.0974. The molecule has 0 spiro atoms. The van der Waals surface area contributed by atoms with E-state index >= 15 is 0 Å². The molecule has 0 bridgehead atoms. The van der Waals surface area contributed by atoms with Crippen LogP contribution in [-0.4, -0.2) is 41.5 Å². The highest BCUT2D eigenvalue weighted by Crippen LogP contribution is 2.17. The minimum atomic E-state index is 0.0974. The maximum atomic E-state index is 12.4. The molecule has 4 heteroatoms. The molecular formula is C14H17N3O. The molecule has 3 rings (SSSR count). The zero-order chi connectivity index (χ0) is 12.5. The highest BCUT2D eigenvalue weighted by atomic mass is 16.2. The lowest BCUT2D eigenvalue weighted by Crippen LogP contribution is -2.52. The van der Waals surface area contributed by atoms with E-state index in [9.17, 15) is 4.79 Å². The first-order valence-electron chi connectivity index (χ1n) is 6.35. The molecule has 0 saturated carbocycles. The quantitative estimate of drug-likeness (QED) is 0.799. The number of para-hydroxylation sites is 1. The molecule has 2 N–H and O–H groups in total. The van der Waals surface area contributed by atoms with Crippen molar-refractivity contribution >= 4 is 16.8 Å². The summed E-state index contributed by atoms with van der Waals surface area (Å²) in [7, 11) is 0. The molecule has 1 amide bonds. The highest BCUT2D eigenvalue weighted by Gasteiger charge is 2.24. The van der Waals surface area contributed by atoms with Crippen molar-refractivity contribution in [3.05, 3.63) is 36.0 Å². The fraction of sp³-hybridized carbons (Fsp3) is 0.357. The van der Waals surface area contributed by atoms with E-state index in [2.05, 4.69) is 17.2 Å². The summed E-state index contributed by atoms with van der Waals surface area (Å²) < 4.78 is 0. The molecule has 0 unspecified atom stereocenters. The van der Waals surface area contributed by atoms with Crippen molar-refractivity contribution in [2.45, 2.75) is 13.0 Å². The average molecular weight is 243 g/mol. The fourth-order valence-electron chi connectivity index (χ4n) is 2.49. The van der Waals surface area contributed by atoms with Crippen LogP contribution in [-0.2, 0) is 0 Å². The number of aromatic amines is 1. The first-order valence-corrected chi connectivity index (χ1v) is 6.35. The second-order valence-electron chi connectivity index (χ2n) is 4.82. The van der Waals surface area contributed by atoms with E-state index in [1.165, 1.54) is 0 Å². The Morgan fingerprint density at radius 1 is 1.39 bits per heavy atom. The number of nitrogens with zero attached hydrogens (tertiary/aromatic N) is 1. The molecule has 1 aliphatic heterocycles. The van der Waals surface area contributed by atoms with Gasteiger partial charge in [0.25, 0.3) is 5.91 Å². The van der Waals surface area contributed by atoms with Crippen LogP contribution in [0.4, 0.5) is 0 Å². The van der Waals surface area contributed by atoms with Gasteiger partial charge in [-0.15, -0.1) is 0 Å². The van der Waals surface area contributed by atoms with Crippen molar-refractivity contribution in [1.82, 2.24) is 15.2 Å². The van der Waals surface area contributed by atoms with Gasteiger partial charge >= 0.3 is 0 Å². The summed E-state index contributed by atoms with van der Waals surface area (Å²) in [5.41, 5.74) is 1.70. The van der Waals surface area contributed by atoms with Crippen molar-refractivity contribution < 1.29 is 4.79 Å².